The van der Waals surface area contributed by atoms with E-state index in [1.807, 2.05) is 6.92 Å². The maximum atomic E-state index is 9.13. The number of hydrogen-bond donors (Lipinski definition) is 1. The van der Waals surface area contributed by atoms with Gasteiger partial charge in [-0.25, -0.2) is 0 Å². The zero-order valence-corrected chi connectivity index (χ0v) is 7.59. The molecule has 0 fully saturated rings. The van der Waals surface area contributed by atoms with Gasteiger partial charge in [-0.1, -0.05) is 0 Å². The van der Waals surface area contributed by atoms with Gasteiger partial charge >= 0.3 is 0 Å². The molecule has 1 atom stereocenters. The maximum Gasteiger partial charge on any atom is 0.104 e. The molecule has 2 nitrogen and oxygen atoms in total. The van der Waals surface area contributed by atoms with Gasteiger partial charge in [0, 0.05) is 0 Å². The fourth-order valence-electron chi connectivity index (χ4n) is 1.12. The monoisotopic (exact) mass is 146 g/mol. The van der Waals surface area contributed by atoms with E-state index in [9.17, 15) is 0 Å². The van der Waals surface area contributed by atoms with Crippen molar-refractivity contribution in [2.24, 2.45) is 0 Å². The Hall–Kier alpha value is -0.0800. The van der Waals surface area contributed by atoms with Crippen LogP contribution in [0.4, 0.5) is 0 Å². The fourth-order valence-corrected chi connectivity index (χ4v) is 1.12. The third-order valence-electron chi connectivity index (χ3n) is 2.23. The second kappa shape index (κ2) is 3.94. The van der Waals surface area contributed by atoms with Crippen molar-refractivity contribution in [2.45, 2.75) is 26.9 Å². The Morgan fingerprint density at radius 1 is 1.30 bits per heavy atom. The molecular weight excluding hydrogens is 126 g/mol. The Morgan fingerprint density at radius 3 is 1.80 bits per heavy atom. The van der Waals surface area contributed by atoms with E-state index in [1.54, 1.807) is 0 Å². The van der Waals surface area contributed by atoms with Crippen molar-refractivity contribution in [1.82, 2.24) is 0 Å². The van der Waals surface area contributed by atoms with Crippen molar-refractivity contribution in [3.63, 3.8) is 0 Å². The molecule has 0 aromatic heterocycles. The Bertz CT molecular complexity index is 87.3. The van der Waals surface area contributed by atoms with Gasteiger partial charge in [0.1, 0.15) is 12.6 Å². The number of aliphatic hydroxyl groups excluding tert-OH is 1. The first-order valence-electron chi connectivity index (χ1n) is 4.05. The van der Waals surface area contributed by atoms with Gasteiger partial charge in [-0.3, -0.25) is 0 Å². The van der Waals surface area contributed by atoms with Crippen LogP contribution in [-0.4, -0.2) is 42.4 Å². The van der Waals surface area contributed by atoms with Crippen LogP contribution >= 0.6 is 0 Å². The third-order valence-corrected chi connectivity index (χ3v) is 2.23. The fraction of sp³-hybridized carbons (Fsp3) is 1.00. The summed E-state index contributed by atoms with van der Waals surface area (Å²) in [6.07, 6.45) is -0.176. The molecule has 62 valence electrons. The Kier molecular flexibility index (Phi) is 3.91. The van der Waals surface area contributed by atoms with Crippen molar-refractivity contribution in [3.05, 3.63) is 0 Å². The predicted molar refractivity (Wildman–Crippen MR) is 43.8 cm³/mol. The molecule has 0 saturated carbocycles. The van der Waals surface area contributed by atoms with Gasteiger partial charge in [0.25, 0.3) is 0 Å². The van der Waals surface area contributed by atoms with E-state index < -0.39 is 0 Å². The molecule has 1 unspecified atom stereocenters. The summed E-state index contributed by atoms with van der Waals surface area (Å²) < 4.78 is 0.970. The lowest BCUT2D eigenvalue weighted by Gasteiger charge is -2.33. The molecule has 0 rings (SSSR count). The number of nitrogens with zero attached hydrogens (tertiary/aromatic N) is 1. The van der Waals surface area contributed by atoms with Crippen LogP contribution in [-0.2, 0) is 0 Å². The molecule has 10 heavy (non-hydrogen) atoms. The first kappa shape index (κ1) is 9.92. The van der Waals surface area contributed by atoms with Crippen LogP contribution in [0.5, 0.6) is 0 Å². The van der Waals surface area contributed by atoms with Gasteiger partial charge in [0.05, 0.1) is 20.1 Å². The third kappa shape index (κ3) is 3.18. The smallest absolute Gasteiger partial charge is 0.104 e. The normalized spacial score (nSPS) is 15.3. The van der Waals surface area contributed by atoms with Gasteiger partial charge in [0.15, 0.2) is 0 Å². The van der Waals surface area contributed by atoms with E-state index in [0.29, 0.717) is 0 Å². The van der Waals surface area contributed by atoms with Crippen LogP contribution in [0.25, 0.3) is 0 Å². The molecule has 0 heterocycles. The van der Waals surface area contributed by atoms with Gasteiger partial charge in [-0.05, 0) is 20.8 Å². The highest BCUT2D eigenvalue weighted by molar-refractivity contribution is 4.43. The lowest BCUT2D eigenvalue weighted by Crippen LogP contribution is -2.47. The summed E-state index contributed by atoms with van der Waals surface area (Å²) >= 11 is 0. The van der Waals surface area contributed by atoms with E-state index in [0.717, 1.165) is 24.1 Å². The van der Waals surface area contributed by atoms with Crippen LogP contribution in [0.3, 0.4) is 0 Å². The quantitative estimate of drug-likeness (QED) is 0.583. The molecule has 0 spiro atoms. The van der Waals surface area contributed by atoms with Crippen molar-refractivity contribution >= 4 is 0 Å². The standard InChI is InChI=1S/C8H20NO/c1-5-9(4,6-2)7-8(3)10/h8,10H,5-7H2,1-4H3/q+1. The molecule has 0 aliphatic carbocycles. The van der Waals surface area contributed by atoms with Crippen molar-refractivity contribution in [3.8, 4) is 0 Å². The molecule has 0 amide bonds. The van der Waals surface area contributed by atoms with Gasteiger partial charge < -0.3 is 9.59 Å². The topological polar surface area (TPSA) is 20.2 Å². The number of quaternary nitrogens is 1. The highest BCUT2D eigenvalue weighted by atomic mass is 16.3. The zero-order chi connectivity index (χ0) is 8.20. The zero-order valence-electron chi connectivity index (χ0n) is 7.59. The Morgan fingerprint density at radius 2 is 1.70 bits per heavy atom. The van der Waals surface area contributed by atoms with Crippen LogP contribution < -0.4 is 0 Å². The van der Waals surface area contributed by atoms with Crippen LogP contribution in [0, 0.1) is 0 Å². The largest absolute Gasteiger partial charge is 0.388 e. The number of rotatable bonds is 4. The number of hydrogen-bond acceptors (Lipinski definition) is 1. The first-order chi connectivity index (χ1) is 4.54. The average molecular weight is 146 g/mol. The molecule has 0 aliphatic rings. The van der Waals surface area contributed by atoms with E-state index in [1.165, 1.54) is 0 Å². The van der Waals surface area contributed by atoms with Crippen LogP contribution in [0.15, 0.2) is 0 Å². The van der Waals surface area contributed by atoms with Crippen molar-refractivity contribution in [2.75, 3.05) is 26.7 Å². The average Bonchev–Trinajstić information content (AvgIpc) is 1.87. The molecule has 0 radical (unpaired) electrons. The second-order valence-corrected chi connectivity index (χ2v) is 3.28. The minimum absolute atomic E-state index is 0.176. The Balaban J connectivity index is 3.80. The molecule has 0 bridgehead atoms. The molecular formula is C8H20NO+. The van der Waals surface area contributed by atoms with Gasteiger partial charge in [0.2, 0.25) is 0 Å². The molecule has 1 N–H and O–H groups in total. The minimum Gasteiger partial charge on any atom is -0.388 e. The van der Waals surface area contributed by atoms with E-state index in [2.05, 4.69) is 20.9 Å². The highest BCUT2D eigenvalue weighted by Crippen LogP contribution is 2.02. The van der Waals surface area contributed by atoms with E-state index >= 15 is 0 Å². The predicted octanol–water partition coefficient (Wildman–Crippen LogP) is 0.854. The summed E-state index contributed by atoms with van der Waals surface area (Å²) in [5, 5.41) is 9.13. The van der Waals surface area contributed by atoms with Crippen molar-refractivity contribution < 1.29 is 9.59 Å². The molecule has 0 aromatic carbocycles. The van der Waals surface area contributed by atoms with Gasteiger partial charge in [-0.15, -0.1) is 0 Å². The summed E-state index contributed by atoms with van der Waals surface area (Å²) in [4.78, 5) is 0. The lowest BCUT2D eigenvalue weighted by atomic mass is 10.3. The summed E-state index contributed by atoms with van der Waals surface area (Å²) in [7, 11) is 2.17. The summed E-state index contributed by atoms with van der Waals surface area (Å²) in [6.45, 7) is 9.23. The SMILES string of the molecule is CC[N+](C)(CC)CC(C)O. The Labute approximate surface area is 64.1 Å². The maximum absolute atomic E-state index is 9.13. The van der Waals surface area contributed by atoms with E-state index in [4.69, 9.17) is 5.11 Å². The van der Waals surface area contributed by atoms with Crippen LogP contribution in [0.1, 0.15) is 20.8 Å². The molecule has 2 heteroatoms. The summed E-state index contributed by atoms with van der Waals surface area (Å²) in [5.74, 6) is 0. The molecule has 0 saturated heterocycles. The number of aliphatic hydroxyl groups is 1. The highest BCUT2D eigenvalue weighted by Gasteiger charge is 2.18. The second-order valence-electron chi connectivity index (χ2n) is 3.28. The van der Waals surface area contributed by atoms with Crippen molar-refractivity contribution in [1.29, 1.82) is 0 Å². The summed E-state index contributed by atoms with van der Waals surface area (Å²) in [6, 6.07) is 0. The number of likely N-dealkylation sites (N-methyl/N-ethyl adjacent to an activating group) is 1. The summed E-state index contributed by atoms with van der Waals surface area (Å²) in [5.41, 5.74) is 0. The first-order valence-corrected chi connectivity index (χ1v) is 4.05. The molecule has 0 aromatic rings. The van der Waals surface area contributed by atoms with Gasteiger partial charge in [-0.2, -0.15) is 0 Å². The van der Waals surface area contributed by atoms with Crippen LogP contribution in [0.2, 0.25) is 0 Å². The minimum atomic E-state index is -0.176. The van der Waals surface area contributed by atoms with E-state index in [-0.39, 0.29) is 6.10 Å². The lowest BCUT2D eigenvalue weighted by molar-refractivity contribution is -0.908. The molecule has 0 aliphatic heterocycles.